The molecule has 6 nitrogen and oxygen atoms in total. The molecule has 19 rings (SSSR count). The Balaban J connectivity index is 0.779. The molecule has 0 fully saturated rings. The first-order chi connectivity index (χ1) is 43.7. The van der Waals surface area contributed by atoms with Crippen LogP contribution in [0, 0.1) is 0 Å². The standard InChI is InChI=1S/C82H48N4O2/c1-2-23-50-49(21-1)22-15-31-56(50)72-47-48-73(86-85-72)61-34-19-42-69-78(61)87-75-46-14-11-40-67(75)82(69)65-38-9-5-26-59(65)76-57(32-18-41-68(76)82)52-29-16-30-53-51(52)28-17-33-58(53)77-60-27-6-12-44-71(60)83-80(84-77)62-35-20-43-70-79(62)88-74-45-13-10-39-66(74)81(70)63-36-7-3-24-54(63)55-25-4-8-37-64(55)81/h1-48H. The van der Waals surface area contributed by atoms with Gasteiger partial charge < -0.3 is 9.47 Å². The molecule has 0 saturated carbocycles. The summed E-state index contributed by atoms with van der Waals surface area (Å²) in [6, 6.07) is 104. The molecule has 1 atom stereocenters. The highest BCUT2D eigenvalue weighted by Crippen LogP contribution is 2.66. The van der Waals surface area contributed by atoms with Crippen molar-refractivity contribution in [2.24, 2.45) is 0 Å². The van der Waals surface area contributed by atoms with Gasteiger partial charge in [0, 0.05) is 44.3 Å². The van der Waals surface area contributed by atoms with Crippen molar-refractivity contribution in [3.05, 3.63) is 336 Å². The third-order valence-corrected chi connectivity index (χ3v) is 19.2. The second-order valence-corrected chi connectivity index (χ2v) is 23.4. The van der Waals surface area contributed by atoms with Gasteiger partial charge in [-0.15, -0.1) is 10.2 Å². The van der Waals surface area contributed by atoms with Gasteiger partial charge in [0.05, 0.1) is 39.0 Å². The highest BCUT2D eigenvalue weighted by Gasteiger charge is 2.53. The van der Waals surface area contributed by atoms with Crippen LogP contribution in [0.4, 0.5) is 0 Å². The van der Waals surface area contributed by atoms with E-state index in [0.717, 1.165) is 128 Å². The lowest BCUT2D eigenvalue weighted by Crippen LogP contribution is -2.32. The number of hydrogen-bond donors (Lipinski definition) is 0. The van der Waals surface area contributed by atoms with Gasteiger partial charge in [-0.2, -0.15) is 0 Å². The number of fused-ring (bicyclic) bond motifs is 21. The molecule has 4 heterocycles. The average molecular weight is 1120 g/mol. The fourth-order valence-corrected chi connectivity index (χ4v) is 15.7. The second-order valence-electron chi connectivity index (χ2n) is 23.4. The van der Waals surface area contributed by atoms with Crippen LogP contribution in [-0.2, 0) is 10.8 Å². The van der Waals surface area contributed by atoms with Crippen molar-refractivity contribution in [2.45, 2.75) is 10.8 Å². The SMILES string of the molecule is c1ccc2c(c1)Oc1c(-c3nc(-c4cccc5c(-c6cccc7c6-c6ccccc6C76c7ccccc7Oc7c(-c8ccc(-c9cccc%10ccccc9%10)nn8)cccc76)cccc45)c4ccccc4n3)cccc1C21c2ccccc2-c2ccccc21. The van der Waals surface area contributed by atoms with E-state index < -0.39 is 10.8 Å². The van der Waals surface area contributed by atoms with Gasteiger partial charge in [0.25, 0.3) is 0 Å². The predicted octanol–water partition coefficient (Wildman–Crippen LogP) is 20.0. The van der Waals surface area contributed by atoms with Crippen molar-refractivity contribution in [2.75, 3.05) is 0 Å². The molecule has 2 aromatic heterocycles. The minimum Gasteiger partial charge on any atom is -0.456 e. The Kier molecular flexibility index (Phi) is 10.2. The molecule has 0 bridgehead atoms. The third kappa shape index (κ3) is 6.55. The van der Waals surface area contributed by atoms with Gasteiger partial charge >= 0.3 is 0 Å². The molecule has 408 valence electrons. The second kappa shape index (κ2) is 18.5. The lowest BCUT2D eigenvalue weighted by molar-refractivity contribution is 0.437. The summed E-state index contributed by atoms with van der Waals surface area (Å²) in [5, 5.41) is 15.3. The molecule has 13 aromatic carbocycles. The summed E-state index contributed by atoms with van der Waals surface area (Å²) in [4.78, 5) is 11.1. The van der Waals surface area contributed by atoms with Crippen LogP contribution in [0.15, 0.2) is 291 Å². The monoisotopic (exact) mass is 1120 g/mol. The molecule has 2 aliphatic heterocycles. The van der Waals surface area contributed by atoms with Gasteiger partial charge in [-0.05, 0) is 120 Å². The Morgan fingerprint density at radius 1 is 0.250 bits per heavy atom. The van der Waals surface area contributed by atoms with Crippen molar-refractivity contribution in [1.82, 2.24) is 20.2 Å². The summed E-state index contributed by atoms with van der Waals surface area (Å²) >= 11 is 0. The molecule has 15 aromatic rings. The molecule has 88 heavy (non-hydrogen) atoms. The molecule has 2 spiro atoms. The van der Waals surface area contributed by atoms with Crippen molar-refractivity contribution < 1.29 is 9.47 Å². The van der Waals surface area contributed by atoms with Crippen LogP contribution in [0.2, 0.25) is 0 Å². The number of ether oxygens (including phenoxy) is 2. The van der Waals surface area contributed by atoms with Crippen molar-refractivity contribution in [3.8, 4) is 102 Å². The molecule has 0 N–H and O–H groups in total. The number of para-hydroxylation sites is 5. The number of hydrogen-bond acceptors (Lipinski definition) is 6. The van der Waals surface area contributed by atoms with E-state index in [1.54, 1.807) is 0 Å². The predicted molar refractivity (Wildman–Crippen MR) is 352 cm³/mol. The van der Waals surface area contributed by atoms with Gasteiger partial charge in [0.1, 0.15) is 23.0 Å². The number of benzene rings is 13. The largest absolute Gasteiger partial charge is 0.456 e. The molecule has 6 heteroatoms. The van der Waals surface area contributed by atoms with E-state index >= 15 is 0 Å². The van der Waals surface area contributed by atoms with Crippen LogP contribution in [0.25, 0.3) is 111 Å². The Hall–Kier alpha value is -11.6. The van der Waals surface area contributed by atoms with Gasteiger partial charge in [-0.1, -0.05) is 249 Å². The van der Waals surface area contributed by atoms with E-state index in [-0.39, 0.29) is 0 Å². The van der Waals surface area contributed by atoms with Gasteiger partial charge in [0.15, 0.2) is 5.82 Å². The van der Waals surface area contributed by atoms with Crippen molar-refractivity contribution >= 4 is 32.4 Å². The summed E-state index contributed by atoms with van der Waals surface area (Å²) in [6.45, 7) is 0. The van der Waals surface area contributed by atoms with Gasteiger partial charge in [-0.25, -0.2) is 9.97 Å². The smallest absolute Gasteiger partial charge is 0.164 e. The molecule has 0 saturated heterocycles. The molecular weight excluding hydrogens is 1070 g/mol. The van der Waals surface area contributed by atoms with Crippen LogP contribution in [0.3, 0.4) is 0 Å². The van der Waals surface area contributed by atoms with Crippen LogP contribution in [0.1, 0.15) is 44.5 Å². The first-order valence-corrected chi connectivity index (χ1v) is 30.0. The maximum atomic E-state index is 7.18. The zero-order valence-electron chi connectivity index (χ0n) is 47.3. The topological polar surface area (TPSA) is 70.0 Å². The van der Waals surface area contributed by atoms with Gasteiger partial charge in [-0.3, -0.25) is 0 Å². The minimum absolute atomic E-state index is 0.598. The Labute approximate surface area is 507 Å². The van der Waals surface area contributed by atoms with Crippen LogP contribution < -0.4 is 9.47 Å². The molecular formula is C82H48N4O2. The fourth-order valence-electron chi connectivity index (χ4n) is 15.7. The van der Waals surface area contributed by atoms with Crippen LogP contribution in [-0.4, -0.2) is 20.2 Å². The van der Waals surface area contributed by atoms with Crippen molar-refractivity contribution in [3.63, 3.8) is 0 Å². The van der Waals surface area contributed by atoms with E-state index in [1.165, 1.54) is 44.5 Å². The van der Waals surface area contributed by atoms with Gasteiger partial charge in [0.2, 0.25) is 0 Å². The quantitative estimate of drug-likeness (QED) is 0.171. The summed E-state index contributed by atoms with van der Waals surface area (Å²) in [6.07, 6.45) is 0. The first-order valence-electron chi connectivity index (χ1n) is 30.0. The highest BCUT2D eigenvalue weighted by molar-refractivity contribution is 6.11. The lowest BCUT2D eigenvalue weighted by atomic mass is 9.65. The fraction of sp³-hybridized carbons (Fsp3) is 0.0244. The van der Waals surface area contributed by atoms with Crippen LogP contribution >= 0.6 is 0 Å². The van der Waals surface area contributed by atoms with Crippen LogP contribution in [0.5, 0.6) is 23.0 Å². The summed E-state index contributed by atoms with van der Waals surface area (Å²) < 4.78 is 14.3. The maximum absolute atomic E-state index is 7.18. The third-order valence-electron chi connectivity index (χ3n) is 19.2. The average Bonchev–Trinajstić information content (AvgIpc) is 1.49. The minimum atomic E-state index is -0.739. The Morgan fingerprint density at radius 3 is 1.36 bits per heavy atom. The summed E-state index contributed by atoms with van der Waals surface area (Å²) in [5.74, 6) is 3.76. The Bertz CT molecular complexity index is 5450. The number of aromatic nitrogens is 4. The summed E-state index contributed by atoms with van der Waals surface area (Å²) in [5.41, 5.74) is 22.0. The van der Waals surface area contributed by atoms with E-state index in [4.69, 9.17) is 29.6 Å². The zero-order chi connectivity index (χ0) is 57.7. The van der Waals surface area contributed by atoms with E-state index in [2.05, 4.69) is 291 Å². The molecule has 0 amide bonds. The molecule has 2 aliphatic carbocycles. The van der Waals surface area contributed by atoms with Crippen molar-refractivity contribution in [1.29, 1.82) is 0 Å². The molecule has 0 radical (unpaired) electrons. The Morgan fingerprint density at radius 2 is 0.670 bits per heavy atom. The molecule has 1 unspecified atom stereocenters. The number of nitrogens with zero attached hydrogens (tertiary/aromatic N) is 4. The normalized spacial score (nSPS) is 14.9. The zero-order valence-corrected chi connectivity index (χ0v) is 47.3. The lowest BCUT2D eigenvalue weighted by Gasteiger charge is -2.40. The van der Waals surface area contributed by atoms with E-state index in [0.29, 0.717) is 5.82 Å². The van der Waals surface area contributed by atoms with E-state index in [9.17, 15) is 0 Å². The number of rotatable bonds is 5. The maximum Gasteiger partial charge on any atom is 0.164 e. The molecule has 4 aliphatic rings. The first kappa shape index (κ1) is 48.7. The summed E-state index contributed by atoms with van der Waals surface area (Å²) in [7, 11) is 0. The highest BCUT2D eigenvalue weighted by atomic mass is 16.5. The van der Waals surface area contributed by atoms with E-state index in [1.807, 2.05) is 0 Å².